The molecule has 0 aliphatic heterocycles. The molecule has 0 atom stereocenters. The standard InChI is InChI=1S/C26H26ClN5O2/c1-15-18(4-5-23(28)32-15)13-31-25(33)17-6-7-29-21(12-17)9-16-8-19-11-20(27)14-30-24(19)22(10-16)26(2,3)34/h4-8,10-12,14,34H,9,13H2,1-3H3,(H2,28,32)(H,31,33). The van der Waals surface area contributed by atoms with Crippen LogP contribution in [0.1, 0.15) is 52.3 Å². The zero-order valence-electron chi connectivity index (χ0n) is 19.3. The lowest BCUT2D eigenvalue weighted by molar-refractivity contribution is 0.0799. The molecule has 0 aliphatic carbocycles. The van der Waals surface area contributed by atoms with Crippen molar-refractivity contribution in [3.05, 3.63) is 93.5 Å². The van der Waals surface area contributed by atoms with E-state index in [0.29, 0.717) is 40.4 Å². The van der Waals surface area contributed by atoms with Crippen LogP contribution in [0.25, 0.3) is 10.9 Å². The van der Waals surface area contributed by atoms with Crippen LogP contribution >= 0.6 is 11.6 Å². The van der Waals surface area contributed by atoms with Gasteiger partial charge in [0.05, 0.1) is 16.1 Å². The van der Waals surface area contributed by atoms with Crippen molar-refractivity contribution in [1.82, 2.24) is 20.3 Å². The first-order valence-corrected chi connectivity index (χ1v) is 11.2. The van der Waals surface area contributed by atoms with Gasteiger partial charge in [0, 0.05) is 53.3 Å². The molecule has 0 saturated carbocycles. The molecule has 0 spiro atoms. The van der Waals surface area contributed by atoms with Gasteiger partial charge < -0.3 is 16.2 Å². The number of benzene rings is 1. The number of hydrogen-bond donors (Lipinski definition) is 3. The molecular weight excluding hydrogens is 450 g/mol. The Bertz CT molecular complexity index is 1380. The molecule has 1 amide bonds. The van der Waals surface area contributed by atoms with Gasteiger partial charge in [-0.2, -0.15) is 0 Å². The lowest BCUT2D eigenvalue weighted by Crippen LogP contribution is -2.23. The summed E-state index contributed by atoms with van der Waals surface area (Å²) in [7, 11) is 0. The number of fused-ring (bicyclic) bond motifs is 1. The van der Waals surface area contributed by atoms with Crippen LogP contribution in [0.4, 0.5) is 5.82 Å². The first-order chi connectivity index (χ1) is 16.1. The van der Waals surface area contributed by atoms with Crippen LogP contribution in [-0.2, 0) is 18.6 Å². The molecule has 34 heavy (non-hydrogen) atoms. The fourth-order valence-corrected chi connectivity index (χ4v) is 4.02. The fraction of sp³-hybridized carbons (Fsp3) is 0.231. The highest BCUT2D eigenvalue weighted by Gasteiger charge is 2.21. The minimum absolute atomic E-state index is 0.202. The van der Waals surface area contributed by atoms with E-state index in [9.17, 15) is 9.90 Å². The number of nitrogens with one attached hydrogen (secondary N) is 1. The summed E-state index contributed by atoms with van der Waals surface area (Å²) < 4.78 is 0. The average Bonchev–Trinajstić information content (AvgIpc) is 2.77. The van der Waals surface area contributed by atoms with Gasteiger partial charge in [-0.05, 0) is 62.2 Å². The van der Waals surface area contributed by atoms with Crippen LogP contribution < -0.4 is 11.1 Å². The number of aliphatic hydroxyl groups is 1. The second kappa shape index (κ2) is 9.37. The lowest BCUT2D eigenvalue weighted by atomic mass is 9.92. The van der Waals surface area contributed by atoms with E-state index in [1.165, 1.54) is 0 Å². The van der Waals surface area contributed by atoms with Gasteiger partial charge in [-0.25, -0.2) is 4.98 Å². The lowest BCUT2D eigenvalue weighted by Gasteiger charge is -2.21. The second-order valence-corrected chi connectivity index (χ2v) is 9.24. The van der Waals surface area contributed by atoms with Gasteiger partial charge in [0.2, 0.25) is 0 Å². The van der Waals surface area contributed by atoms with Crippen molar-refractivity contribution >= 4 is 34.2 Å². The molecule has 0 bridgehead atoms. The number of carbonyl (C=O) groups is 1. The Morgan fingerprint density at radius 3 is 2.68 bits per heavy atom. The third-order valence-corrected chi connectivity index (χ3v) is 5.80. The highest BCUT2D eigenvalue weighted by atomic mass is 35.5. The molecule has 4 aromatic rings. The predicted octanol–water partition coefficient (Wildman–Crippen LogP) is 4.32. The smallest absolute Gasteiger partial charge is 0.251 e. The number of rotatable bonds is 6. The van der Waals surface area contributed by atoms with E-state index in [-0.39, 0.29) is 5.91 Å². The zero-order valence-corrected chi connectivity index (χ0v) is 20.0. The number of anilines is 1. The third-order valence-electron chi connectivity index (χ3n) is 5.59. The minimum Gasteiger partial charge on any atom is -0.386 e. The Labute approximate surface area is 203 Å². The molecule has 7 nitrogen and oxygen atoms in total. The summed E-state index contributed by atoms with van der Waals surface area (Å²) in [6.45, 7) is 5.66. The largest absolute Gasteiger partial charge is 0.386 e. The number of amides is 1. The number of halogens is 1. The Hall–Kier alpha value is -3.55. The van der Waals surface area contributed by atoms with Crippen molar-refractivity contribution in [2.45, 2.75) is 39.3 Å². The van der Waals surface area contributed by atoms with E-state index in [1.54, 1.807) is 44.4 Å². The molecule has 4 rings (SSSR count). The Balaban J connectivity index is 1.57. The van der Waals surface area contributed by atoms with E-state index >= 15 is 0 Å². The Kier molecular flexibility index (Phi) is 6.50. The van der Waals surface area contributed by atoms with Crippen LogP contribution in [0.3, 0.4) is 0 Å². The first kappa shape index (κ1) is 23.6. The molecule has 0 fully saturated rings. The highest BCUT2D eigenvalue weighted by Crippen LogP contribution is 2.30. The van der Waals surface area contributed by atoms with Crippen LogP contribution in [0, 0.1) is 6.92 Å². The number of pyridine rings is 3. The Morgan fingerprint density at radius 1 is 1.15 bits per heavy atom. The number of nitrogen functional groups attached to an aromatic ring is 1. The molecular formula is C26H26ClN5O2. The van der Waals surface area contributed by atoms with Gasteiger partial charge in [-0.1, -0.05) is 23.7 Å². The van der Waals surface area contributed by atoms with Crippen molar-refractivity contribution in [2.75, 3.05) is 5.73 Å². The van der Waals surface area contributed by atoms with Gasteiger partial charge >= 0.3 is 0 Å². The number of nitrogens with zero attached hydrogens (tertiary/aromatic N) is 3. The normalized spacial score (nSPS) is 11.6. The van der Waals surface area contributed by atoms with Crippen molar-refractivity contribution < 1.29 is 9.90 Å². The minimum atomic E-state index is -1.08. The van der Waals surface area contributed by atoms with E-state index in [4.69, 9.17) is 17.3 Å². The maximum absolute atomic E-state index is 12.8. The molecule has 8 heteroatoms. The maximum Gasteiger partial charge on any atom is 0.251 e. The second-order valence-electron chi connectivity index (χ2n) is 8.80. The SMILES string of the molecule is Cc1nc(N)ccc1CNC(=O)c1ccnc(Cc2cc(C(C)(C)O)c3ncc(Cl)cc3c2)c1. The molecule has 0 unspecified atom stereocenters. The predicted molar refractivity (Wildman–Crippen MR) is 134 cm³/mol. The summed E-state index contributed by atoms with van der Waals surface area (Å²) >= 11 is 6.15. The van der Waals surface area contributed by atoms with Crippen LogP contribution in [-0.4, -0.2) is 26.0 Å². The highest BCUT2D eigenvalue weighted by molar-refractivity contribution is 6.31. The number of aromatic nitrogens is 3. The van der Waals surface area contributed by atoms with Crippen LogP contribution in [0.2, 0.25) is 5.02 Å². The van der Waals surface area contributed by atoms with E-state index < -0.39 is 5.60 Å². The molecule has 3 heterocycles. The number of hydrogen-bond acceptors (Lipinski definition) is 6. The summed E-state index contributed by atoms with van der Waals surface area (Å²) in [6.07, 6.45) is 3.68. The number of carbonyl (C=O) groups excluding carboxylic acids is 1. The summed E-state index contributed by atoms with van der Waals surface area (Å²) in [4.78, 5) is 25.8. The van der Waals surface area contributed by atoms with Gasteiger partial charge in [0.15, 0.2) is 0 Å². The summed E-state index contributed by atoms with van der Waals surface area (Å²) in [5.74, 6) is 0.248. The first-order valence-electron chi connectivity index (χ1n) is 10.9. The van der Waals surface area contributed by atoms with Crippen LogP contribution in [0.5, 0.6) is 0 Å². The molecule has 0 radical (unpaired) electrons. The average molecular weight is 476 g/mol. The van der Waals surface area contributed by atoms with Crippen molar-refractivity contribution in [3.63, 3.8) is 0 Å². The summed E-state index contributed by atoms with van der Waals surface area (Å²) in [5.41, 5.74) is 9.88. The summed E-state index contributed by atoms with van der Waals surface area (Å²) in [6, 6.07) is 12.8. The quantitative estimate of drug-likeness (QED) is 0.382. The molecule has 4 N–H and O–H groups in total. The van der Waals surface area contributed by atoms with Gasteiger partial charge in [-0.15, -0.1) is 0 Å². The van der Waals surface area contributed by atoms with Gasteiger partial charge in [0.25, 0.3) is 5.91 Å². The zero-order chi connectivity index (χ0) is 24.5. The van der Waals surface area contributed by atoms with Crippen molar-refractivity contribution in [2.24, 2.45) is 0 Å². The Morgan fingerprint density at radius 2 is 1.94 bits per heavy atom. The van der Waals surface area contributed by atoms with Crippen LogP contribution in [0.15, 0.2) is 54.9 Å². The van der Waals surface area contributed by atoms with Crippen molar-refractivity contribution in [1.29, 1.82) is 0 Å². The molecule has 0 aliphatic rings. The topological polar surface area (TPSA) is 114 Å². The number of nitrogens with two attached hydrogens (primary N) is 1. The molecule has 1 aromatic carbocycles. The fourth-order valence-electron chi connectivity index (χ4n) is 3.85. The van der Waals surface area contributed by atoms with E-state index in [0.717, 1.165) is 27.9 Å². The van der Waals surface area contributed by atoms with E-state index in [1.807, 2.05) is 31.2 Å². The maximum atomic E-state index is 12.8. The van der Waals surface area contributed by atoms with Crippen molar-refractivity contribution in [3.8, 4) is 0 Å². The number of aryl methyl sites for hydroxylation is 1. The van der Waals surface area contributed by atoms with Gasteiger partial charge in [-0.3, -0.25) is 14.8 Å². The van der Waals surface area contributed by atoms with E-state index in [2.05, 4.69) is 20.3 Å². The monoisotopic (exact) mass is 475 g/mol. The van der Waals surface area contributed by atoms with Gasteiger partial charge in [0.1, 0.15) is 5.82 Å². The molecule has 174 valence electrons. The molecule has 3 aromatic heterocycles. The molecule has 0 saturated heterocycles. The summed E-state index contributed by atoms with van der Waals surface area (Å²) in [5, 5.41) is 15.0. The third kappa shape index (κ3) is 5.32.